The molecular formula is C17H19ClO2. The van der Waals surface area contributed by atoms with Crippen molar-refractivity contribution in [3.05, 3.63) is 53.1 Å². The van der Waals surface area contributed by atoms with E-state index in [-0.39, 0.29) is 6.10 Å². The molecular weight excluding hydrogens is 272 g/mol. The van der Waals surface area contributed by atoms with E-state index in [0.717, 1.165) is 40.3 Å². The molecule has 20 heavy (non-hydrogen) atoms. The highest BCUT2D eigenvalue weighted by Crippen LogP contribution is 2.34. The lowest BCUT2D eigenvalue weighted by atomic mass is 9.98. The Bertz CT molecular complexity index is 562. The summed E-state index contributed by atoms with van der Waals surface area (Å²) in [5.74, 6) is 0.871. The summed E-state index contributed by atoms with van der Waals surface area (Å²) in [5, 5.41) is 10.2. The van der Waals surface area contributed by atoms with Crippen LogP contribution in [0.3, 0.4) is 0 Å². The second-order valence-corrected chi connectivity index (χ2v) is 5.33. The quantitative estimate of drug-likeness (QED) is 0.888. The zero-order chi connectivity index (χ0) is 14.5. The van der Waals surface area contributed by atoms with Crippen molar-refractivity contribution < 1.29 is 9.84 Å². The van der Waals surface area contributed by atoms with Gasteiger partial charge in [0, 0.05) is 10.6 Å². The van der Waals surface area contributed by atoms with E-state index in [2.05, 4.69) is 0 Å². The van der Waals surface area contributed by atoms with Gasteiger partial charge in [-0.05, 0) is 43.0 Å². The highest BCUT2D eigenvalue weighted by Gasteiger charge is 2.11. The van der Waals surface area contributed by atoms with Gasteiger partial charge in [-0.3, -0.25) is 0 Å². The van der Waals surface area contributed by atoms with E-state index in [1.807, 2.05) is 42.5 Å². The van der Waals surface area contributed by atoms with Crippen LogP contribution in [0.1, 0.15) is 18.9 Å². The third-order valence-corrected chi connectivity index (χ3v) is 3.54. The van der Waals surface area contributed by atoms with E-state index in [4.69, 9.17) is 16.3 Å². The molecule has 0 aliphatic heterocycles. The number of aliphatic hydroxyl groups is 1. The normalized spacial score (nSPS) is 12.2. The number of methoxy groups -OCH3 is 1. The van der Waals surface area contributed by atoms with Crippen molar-refractivity contribution in [2.24, 2.45) is 0 Å². The van der Waals surface area contributed by atoms with Crippen molar-refractivity contribution >= 4 is 11.6 Å². The summed E-state index contributed by atoms with van der Waals surface area (Å²) < 4.78 is 5.58. The van der Waals surface area contributed by atoms with E-state index in [1.165, 1.54) is 0 Å². The first-order valence-electron chi connectivity index (χ1n) is 6.71. The van der Waals surface area contributed by atoms with E-state index in [1.54, 1.807) is 14.0 Å². The molecule has 106 valence electrons. The lowest BCUT2D eigenvalue weighted by Gasteiger charge is -2.14. The summed E-state index contributed by atoms with van der Waals surface area (Å²) >= 11 is 5.93. The molecule has 0 aromatic heterocycles. The Labute approximate surface area is 125 Å². The van der Waals surface area contributed by atoms with Crippen LogP contribution in [0.25, 0.3) is 11.1 Å². The molecule has 2 aromatic carbocycles. The van der Waals surface area contributed by atoms with Crippen LogP contribution in [-0.4, -0.2) is 18.3 Å². The Morgan fingerprint density at radius 1 is 1.15 bits per heavy atom. The maximum Gasteiger partial charge on any atom is 0.129 e. The number of ether oxygens (including phenoxy) is 1. The Balaban J connectivity index is 2.38. The number of benzene rings is 2. The average Bonchev–Trinajstić information content (AvgIpc) is 2.45. The molecule has 0 heterocycles. The molecule has 0 spiro atoms. The summed E-state index contributed by atoms with van der Waals surface area (Å²) in [4.78, 5) is 0. The van der Waals surface area contributed by atoms with Gasteiger partial charge in [0.05, 0.1) is 13.2 Å². The summed E-state index contributed by atoms with van der Waals surface area (Å²) in [7, 11) is 1.68. The van der Waals surface area contributed by atoms with Gasteiger partial charge in [0.1, 0.15) is 5.75 Å². The van der Waals surface area contributed by atoms with Crippen LogP contribution < -0.4 is 4.74 Å². The van der Waals surface area contributed by atoms with Gasteiger partial charge in [-0.25, -0.2) is 0 Å². The molecule has 0 fully saturated rings. The number of hydrogen-bond acceptors (Lipinski definition) is 2. The van der Waals surface area contributed by atoms with Crippen molar-refractivity contribution in [3.8, 4) is 16.9 Å². The number of para-hydroxylation sites is 1. The zero-order valence-electron chi connectivity index (χ0n) is 11.8. The molecule has 1 N–H and O–H groups in total. The number of aliphatic hydroxyl groups excluding tert-OH is 1. The highest BCUT2D eigenvalue weighted by molar-refractivity contribution is 6.30. The fraction of sp³-hybridized carbons (Fsp3) is 0.294. The third kappa shape index (κ3) is 3.53. The van der Waals surface area contributed by atoms with Gasteiger partial charge >= 0.3 is 0 Å². The van der Waals surface area contributed by atoms with Crippen molar-refractivity contribution in [2.45, 2.75) is 25.9 Å². The number of rotatable bonds is 5. The lowest BCUT2D eigenvalue weighted by Crippen LogP contribution is -2.03. The number of aryl methyl sites for hydroxylation is 1. The first-order chi connectivity index (χ1) is 9.61. The molecule has 0 amide bonds. The molecule has 0 radical (unpaired) electrons. The van der Waals surface area contributed by atoms with E-state index < -0.39 is 0 Å². The highest BCUT2D eigenvalue weighted by atomic mass is 35.5. The monoisotopic (exact) mass is 290 g/mol. The van der Waals surface area contributed by atoms with Gasteiger partial charge < -0.3 is 9.84 Å². The third-order valence-electron chi connectivity index (χ3n) is 3.29. The van der Waals surface area contributed by atoms with Crippen molar-refractivity contribution in [1.82, 2.24) is 0 Å². The minimum Gasteiger partial charge on any atom is -0.496 e. The second-order valence-electron chi connectivity index (χ2n) is 4.89. The predicted octanol–water partition coefficient (Wildman–Crippen LogP) is 4.33. The van der Waals surface area contributed by atoms with Gasteiger partial charge in [-0.15, -0.1) is 0 Å². The van der Waals surface area contributed by atoms with Crippen LogP contribution in [0.2, 0.25) is 5.02 Å². The molecule has 0 saturated carbocycles. The molecule has 3 heteroatoms. The van der Waals surface area contributed by atoms with Crippen LogP contribution >= 0.6 is 11.6 Å². The van der Waals surface area contributed by atoms with Gasteiger partial charge in [-0.2, -0.15) is 0 Å². The van der Waals surface area contributed by atoms with Crippen molar-refractivity contribution in [3.63, 3.8) is 0 Å². The Kier molecular flexibility index (Phi) is 5.05. The van der Waals surface area contributed by atoms with Gasteiger partial charge in [0.2, 0.25) is 0 Å². The molecule has 2 rings (SSSR count). The fourth-order valence-electron chi connectivity index (χ4n) is 2.24. The van der Waals surface area contributed by atoms with E-state index in [0.29, 0.717) is 0 Å². The van der Waals surface area contributed by atoms with Gasteiger partial charge in [0.25, 0.3) is 0 Å². The second kappa shape index (κ2) is 6.78. The summed E-state index contributed by atoms with van der Waals surface area (Å²) in [5.41, 5.74) is 3.23. The maximum atomic E-state index is 9.44. The zero-order valence-corrected chi connectivity index (χ0v) is 12.5. The van der Waals surface area contributed by atoms with Crippen LogP contribution in [0, 0.1) is 0 Å². The van der Waals surface area contributed by atoms with Crippen LogP contribution in [0.5, 0.6) is 5.75 Å². The number of hydrogen-bond donors (Lipinski definition) is 1. The van der Waals surface area contributed by atoms with E-state index >= 15 is 0 Å². The standard InChI is InChI=1S/C17H19ClO2/c1-12(19)6-7-14-4-3-5-16(17(14)20-2)13-8-10-15(18)11-9-13/h3-5,8-12,19H,6-7H2,1-2H3. The Morgan fingerprint density at radius 2 is 1.85 bits per heavy atom. The first-order valence-corrected chi connectivity index (χ1v) is 7.09. The van der Waals surface area contributed by atoms with Crippen LogP contribution in [0.4, 0.5) is 0 Å². The van der Waals surface area contributed by atoms with Crippen LogP contribution in [0.15, 0.2) is 42.5 Å². The topological polar surface area (TPSA) is 29.5 Å². The molecule has 0 aliphatic rings. The summed E-state index contributed by atoms with van der Waals surface area (Å²) in [6.07, 6.45) is 1.21. The Morgan fingerprint density at radius 3 is 2.45 bits per heavy atom. The molecule has 0 saturated heterocycles. The first kappa shape index (κ1) is 14.9. The molecule has 0 aliphatic carbocycles. The molecule has 2 nitrogen and oxygen atoms in total. The Hall–Kier alpha value is -1.51. The predicted molar refractivity (Wildman–Crippen MR) is 83.4 cm³/mol. The fourth-order valence-corrected chi connectivity index (χ4v) is 2.37. The molecule has 1 unspecified atom stereocenters. The average molecular weight is 291 g/mol. The summed E-state index contributed by atoms with van der Waals surface area (Å²) in [6, 6.07) is 13.8. The smallest absolute Gasteiger partial charge is 0.129 e. The summed E-state index contributed by atoms with van der Waals surface area (Å²) in [6.45, 7) is 1.80. The molecule has 1 atom stereocenters. The SMILES string of the molecule is COc1c(CCC(C)O)cccc1-c1ccc(Cl)cc1. The molecule has 2 aromatic rings. The lowest BCUT2D eigenvalue weighted by molar-refractivity contribution is 0.184. The van der Waals surface area contributed by atoms with Gasteiger partial charge in [0.15, 0.2) is 0 Å². The minimum atomic E-state index is -0.307. The van der Waals surface area contributed by atoms with E-state index in [9.17, 15) is 5.11 Å². The minimum absolute atomic E-state index is 0.307. The van der Waals surface area contributed by atoms with Crippen LogP contribution in [-0.2, 0) is 6.42 Å². The number of halogens is 1. The van der Waals surface area contributed by atoms with Gasteiger partial charge in [-0.1, -0.05) is 41.9 Å². The molecule has 0 bridgehead atoms. The van der Waals surface area contributed by atoms with Crippen molar-refractivity contribution in [1.29, 1.82) is 0 Å². The largest absolute Gasteiger partial charge is 0.496 e. The van der Waals surface area contributed by atoms with Crippen molar-refractivity contribution in [2.75, 3.05) is 7.11 Å². The maximum absolute atomic E-state index is 9.44.